The van der Waals surface area contributed by atoms with Crippen molar-refractivity contribution < 1.29 is 19.1 Å². The maximum Gasteiger partial charge on any atom is 0.337 e. The maximum atomic E-state index is 13.3. The Labute approximate surface area is 196 Å². The number of ketones is 1. The Morgan fingerprint density at radius 1 is 1.18 bits per heavy atom. The number of ether oxygens (including phenoxy) is 2. The number of carbonyl (C=O) groups is 2. The summed E-state index contributed by atoms with van der Waals surface area (Å²) in [5, 5.41) is 0.843. The SMILES string of the molecule is CCc1ccc(C(=O)CSc2nc3cc(C(=O)OC)ccc3c(=O)n2CC2CCCO2)cc1. The molecular weight excluding hydrogens is 440 g/mol. The summed E-state index contributed by atoms with van der Waals surface area (Å²) in [5.74, 6) is -0.392. The molecule has 1 aliphatic rings. The maximum absolute atomic E-state index is 13.3. The smallest absolute Gasteiger partial charge is 0.337 e. The number of hydrogen-bond donors (Lipinski definition) is 0. The van der Waals surface area contributed by atoms with Crippen LogP contribution in [0.4, 0.5) is 0 Å². The van der Waals surface area contributed by atoms with Gasteiger partial charge in [-0.15, -0.1) is 0 Å². The van der Waals surface area contributed by atoms with Gasteiger partial charge in [-0.05, 0) is 43.0 Å². The topological polar surface area (TPSA) is 87.5 Å². The van der Waals surface area contributed by atoms with Gasteiger partial charge in [-0.25, -0.2) is 9.78 Å². The zero-order valence-electron chi connectivity index (χ0n) is 18.7. The van der Waals surface area contributed by atoms with E-state index in [4.69, 9.17) is 9.47 Å². The van der Waals surface area contributed by atoms with E-state index in [-0.39, 0.29) is 23.2 Å². The number of Topliss-reactive ketones (excluding diaryl/α,β-unsaturated/α-hetero) is 1. The van der Waals surface area contributed by atoms with Gasteiger partial charge in [0.05, 0.1) is 42.0 Å². The highest BCUT2D eigenvalue weighted by Crippen LogP contribution is 2.23. The van der Waals surface area contributed by atoms with Gasteiger partial charge in [-0.1, -0.05) is 43.0 Å². The van der Waals surface area contributed by atoms with Crippen LogP contribution in [0.1, 0.15) is 46.0 Å². The lowest BCUT2D eigenvalue weighted by Gasteiger charge is -2.16. The van der Waals surface area contributed by atoms with E-state index in [9.17, 15) is 14.4 Å². The summed E-state index contributed by atoms with van der Waals surface area (Å²) in [6.45, 7) is 3.12. The van der Waals surface area contributed by atoms with Crippen molar-refractivity contribution in [1.29, 1.82) is 0 Å². The zero-order chi connectivity index (χ0) is 23.4. The first-order chi connectivity index (χ1) is 16.0. The molecule has 3 aromatic rings. The van der Waals surface area contributed by atoms with Crippen LogP contribution in [-0.2, 0) is 22.4 Å². The highest BCUT2D eigenvalue weighted by Gasteiger charge is 2.21. The Morgan fingerprint density at radius 2 is 1.94 bits per heavy atom. The second-order valence-corrected chi connectivity index (χ2v) is 8.87. The lowest BCUT2D eigenvalue weighted by atomic mass is 10.1. The molecule has 1 fully saturated rings. The van der Waals surface area contributed by atoms with E-state index in [0.717, 1.165) is 19.3 Å². The van der Waals surface area contributed by atoms with Crippen LogP contribution in [0.5, 0.6) is 0 Å². The molecule has 1 unspecified atom stereocenters. The Hall–Kier alpha value is -2.97. The van der Waals surface area contributed by atoms with Crippen LogP contribution >= 0.6 is 11.8 Å². The minimum absolute atomic E-state index is 0.0380. The first-order valence-electron chi connectivity index (χ1n) is 11.0. The molecule has 1 aliphatic heterocycles. The minimum atomic E-state index is -0.498. The van der Waals surface area contributed by atoms with Crippen molar-refractivity contribution >= 4 is 34.4 Å². The predicted molar refractivity (Wildman–Crippen MR) is 127 cm³/mol. The first kappa shape index (κ1) is 23.2. The number of carbonyl (C=O) groups excluding carboxylic acids is 2. The summed E-state index contributed by atoms with van der Waals surface area (Å²) in [7, 11) is 1.31. The third-order valence-electron chi connectivity index (χ3n) is 5.77. The first-order valence-corrected chi connectivity index (χ1v) is 12.0. The molecule has 0 bridgehead atoms. The van der Waals surface area contributed by atoms with Gasteiger partial charge in [0.1, 0.15) is 0 Å². The summed E-state index contributed by atoms with van der Waals surface area (Å²) in [6.07, 6.45) is 2.68. The van der Waals surface area contributed by atoms with E-state index < -0.39 is 5.97 Å². The van der Waals surface area contributed by atoms with Gasteiger partial charge in [-0.2, -0.15) is 0 Å². The summed E-state index contributed by atoms with van der Waals surface area (Å²) < 4.78 is 12.1. The molecule has 1 saturated heterocycles. The number of esters is 1. The van der Waals surface area contributed by atoms with Crippen LogP contribution in [0.3, 0.4) is 0 Å². The van der Waals surface area contributed by atoms with E-state index in [1.54, 1.807) is 22.8 Å². The van der Waals surface area contributed by atoms with Crippen LogP contribution in [-0.4, -0.2) is 46.9 Å². The average molecular weight is 467 g/mol. The molecule has 0 radical (unpaired) electrons. The number of aromatic nitrogens is 2. The second-order valence-electron chi connectivity index (χ2n) is 7.93. The van der Waals surface area contributed by atoms with Gasteiger partial charge in [0.2, 0.25) is 0 Å². The summed E-state index contributed by atoms with van der Waals surface area (Å²) >= 11 is 1.22. The lowest BCUT2D eigenvalue weighted by molar-refractivity contribution is 0.0600. The molecule has 2 aromatic carbocycles. The normalized spacial score (nSPS) is 15.6. The number of hydrogen-bond acceptors (Lipinski definition) is 7. The van der Waals surface area contributed by atoms with Crippen LogP contribution < -0.4 is 5.56 Å². The zero-order valence-corrected chi connectivity index (χ0v) is 19.5. The molecule has 2 heterocycles. The van der Waals surface area contributed by atoms with E-state index in [0.29, 0.717) is 40.3 Å². The molecule has 0 saturated carbocycles. The molecule has 172 valence electrons. The quantitative estimate of drug-likeness (QED) is 0.215. The molecule has 1 aromatic heterocycles. The van der Waals surface area contributed by atoms with Crippen LogP contribution in [0, 0.1) is 0 Å². The second kappa shape index (κ2) is 10.3. The van der Waals surface area contributed by atoms with Gasteiger partial charge < -0.3 is 9.47 Å². The fourth-order valence-corrected chi connectivity index (χ4v) is 4.75. The molecule has 0 amide bonds. The molecule has 7 nitrogen and oxygen atoms in total. The van der Waals surface area contributed by atoms with Crippen molar-refractivity contribution in [2.75, 3.05) is 19.5 Å². The Bertz CT molecular complexity index is 1230. The predicted octanol–water partition coefficient (Wildman–Crippen LogP) is 3.90. The van der Waals surface area contributed by atoms with E-state index >= 15 is 0 Å². The fraction of sp³-hybridized carbons (Fsp3) is 0.360. The molecular formula is C25H26N2O5S. The number of benzene rings is 2. The largest absolute Gasteiger partial charge is 0.465 e. The van der Waals surface area contributed by atoms with Crippen molar-refractivity contribution in [3.05, 3.63) is 69.5 Å². The van der Waals surface area contributed by atoms with Gasteiger partial charge in [0.25, 0.3) is 5.56 Å². The Balaban J connectivity index is 1.67. The van der Waals surface area contributed by atoms with Crippen molar-refractivity contribution in [3.8, 4) is 0 Å². The highest BCUT2D eigenvalue weighted by atomic mass is 32.2. The fourth-order valence-electron chi connectivity index (χ4n) is 3.85. The van der Waals surface area contributed by atoms with Crippen molar-refractivity contribution in [3.63, 3.8) is 0 Å². The molecule has 0 spiro atoms. The van der Waals surface area contributed by atoms with Gasteiger partial charge in [-0.3, -0.25) is 14.2 Å². The molecule has 1 atom stereocenters. The van der Waals surface area contributed by atoms with Crippen molar-refractivity contribution in [1.82, 2.24) is 9.55 Å². The monoisotopic (exact) mass is 466 g/mol. The number of nitrogens with zero attached hydrogens (tertiary/aromatic N) is 2. The standard InChI is InChI=1S/C25H26N2O5S/c1-3-16-6-8-17(9-7-16)22(28)15-33-25-26-21-13-18(24(30)31-2)10-11-20(21)23(29)27(25)14-19-5-4-12-32-19/h6-11,13,19H,3-5,12,14-15H2,1-2H3. The van der Waals surface area contributed by atoms with Crippen LogP contribution in [0.2, 0.25) is 0 Å². The number of fused-ring (bicyclic) bond motifs is 1. The van der Waals surface area contributed by atoms with E-state index in [1.165, 1.54) is 24.4 Å². The molecule has 33 heavy (non-hydrogen) atoms. The number of thioether (sulfide) groups is 1. The molecule has 0 aliphatic carbocycles. The van der Waals surface area contributed by atoms with Crippen molar-refractivity contribution in [2.24, 2.45) is 0 Å². The highest BCUT2D eigenvalue weighted by molar-refractivity contribution is 7.99. The van der Waals surface area contributed by atoms with E-state index in [1.807, 2.05) is 24.3 Å². The Morgan fingerprint density at radius 3 is 2.61 bits per heavy atom. The van der Waals surface area contributed by atoms with Crippen LogP contribution in [0.25, 0.3) is 10.9 Å². The number of aryl methyl sites for hydroxylation is 1. The third-order valence-corrected chi connectivity index (χ3v) is 6.74. The van der Waals surface area contributed by atoms with E-state index in [2.05, 4.69) is 11.9 Å². The van der Waals surface area contributed by atoms with Gasteiger partial charge in [0, 0.05) is 12.2 Å². The van der Waals surface area contributed by atoms with Gasteiger partial charge >= 0.3 is 5.97 Å². The third kappa shape index (κ3) is 5.17. The van der Waals surface area contributed by atoms with Gasteiger partial charge in [0.15, 0.2) is 10.9 Å². The summed E-state index contributed by atoms with van der Waals surface area (Å²) in [4.78, 5) is 42.7. The number of methoxy groups -OCH3 is 1. The average Bonchev–Trinajstić information content (AvgIpc) is 3.37. The Kier molecular flexibility index (Phi) is 7.25. The number of rotatable bonds is 8. The molecule has 0 N–H and O–H groups in total. The summed E-state index contributed by atoms with van der Waals surface area (Å²) in [5.41, 5.74) is 2.29. The van der Waals surface area contributed by atoms with Crippen LogP contribution in [0.15, 0.2) is 52.4 Å². The molecule has 8 heteroatoms. The van der Waals surface area contributed by atoms with Crippen molar-refractivity contribution in [2.45, 2.75) is 44.0 Å². The summed E-state index contributed by atoms with van der Waals surface area (Å²) in [6, 6.07) is 12.3. The lowest BCUT2D eigenvalue weighted by Crippen LogP contribution is -2.29. The molecule has 4 rings (SSSR count). The minimum Gasteiger partial charge on any atom is -0.465 e.